The molecule has 0 N–H and O–H groups in total. The molecule has 1 aromatic rings. The Morgan fingerprint density at radius 3 is 2.29 bits per heavy atom. The van der Waals surface area contributed by atoms with Crippen molar-refractivity contribution in [3.05, 3.63) is 35.4 Å². The average molecular weight is 295 g/mol. The van der Waals surface area contributed by atoms with Gasteiger partial charge in [-0.1, -0.05) is 66.4 Å². The normalized spacial score (nSPS) is 19.2. The summed E-state index contributed by atoms with van der Waals surface area (Å²) in [4.78, 5) is 0. The van der Waals surface area contributed by atoms with Gasteiger partial charge in [-0.3, -0.25) is 0 Å². The van der Waals surface area contributed by atoms with Crippen LogP contribution in [0.15, 0.2) is 24.3 Å². The lowest BCUT2D eigenvalue weighted by atomic mass is 9.83. The standard InChI is InChI=1S/C16H23Br/c1-2-13(12-17)15-8-10-16(11-9-15)14-6-4-3-5-7-14/h8-11,13-14H,2-7,12H2,1H3. The number of hydrogen-bond donors (Lipinski definition) is 0. The topological polar surface area (TPSA) is 0 Å². The molecule has 0 aliphatic heterocycles. The van der Waals surface area contributed by atoms with Gasteiger partial charge in [0.15, 0.2) is 0 Å². The maximum atomic E-state index is 3.61. The van der Waals surface area contributed by atoms with Crippen molar-refractivity contribution in [3.63, 3.8) is 0 Å². The van der Waals surface area contributed by atoms with E-state index < -0.39 is 0 Å². The largest absolute Gasteiger partial charge is 0.0921 e. The highest BCUT2D eigenvalue weighted by molar-refractivity contribution is 9.09. The van der Waals surface area contributed by atoms with Crippen molar-refractivity contribution >= 4 is 15.9 Å². The number of hydrogen-bond acceptors (Lipinski definition) is 0. The summed E-state index contributed by atoms with van der Waals surface area (Å²) in [6.07, 6.45) is 8.30. The van der Waals surface area contributed by atoms with E-state index in [1.807, 2.05) is 0 Å². The van der Waals surface area contributed by atoms with E-state index in [-0.39, 0.29) is 0 Å². The average Bonchev–Trinajstić information content (AvgIpc) is 2.42. The molecule has 0 saturated heterocycles. The molecule has 1 unspecified atom stereocenters. The fraction of sp³-hybridized carbons (Fsp3) is 0.625. The highest BCUT2D eigenvalue weighted by Crippen LogP contribution is 2.33. The first-order chi connectivity index (χ1) is 8.35. The maximum absolute atomic E-state index is 3.61. The van der Waals surface area contributed by atoms with E-state index in [2.05, 4.69) is 47.1 Å². The van der Waals surface area contributed by atoms with Crippen molar-refractivity contribution in [1.29, 1.82) is 0 Å². The second-order valence-electron chi connectivity index (χ2n) is 5.26. The Balaban J connectivity index is 2.06. The van der Waals surface area contributed by atoms with Gasteiger partial charge in [-0.2, -0.15) is 0 Å². The number of benzene rings is 1. The van der Waals surface area contributed by atoms with Gasteiger partial charge in [0.2, 0.25) is 0 Å². The molecule has 94 valence electrons. The Kier molecular flexibility index (Phi) is 5.09. The molecule has 0 aromatic heterocycles. The zero-order valence-corrected chi connectivity index (χ0v) is 12.4. The van der Waals surface area contributed by atoms with Crippen LogP contribution in [0.2, 0.25) is 0 Å². The van der Waals surface area contributed by atoms with Crippen molar-refractivity contribution < 1.29 is 0 Å². The van der Waals surface area contributed by atoms with E-state index in [0.717, 1.165) is 11.2 Å². The van der Waals surface area contributed by atoms with E-state index in [9.17, 15) is 0 Å². The molecular formula is C16H23Br. The molecule has 1 fully saturated rings. The van der Waals surface area contributed by atoms with Gasteiger partial charge in [-0.25, -0.2) is 0 Å². The predicted octanol–water partition coefficient (Wildman–Crippen LogP) is 5.62. The lowest BCUT2D eigenvalue weighted by Crippen LogP contribution is -2.05. The molecular weight excluding hydrogens is 272 g/mol. The van der Waals surface area contributed by atoms with Gasteiger partial charge in [-0.05, 0) is 42.2 Å². The third-order valence-corrected chi connectivity index (χ3v) is 4.95. The van der Waals surface area contributed by atoms with Gasteiger partial charge in [0.25, 0.3) is 0 Å². The predicted molar refractivity (Wildman–Crippen MR) is 79.1 cm³/mol. The molecule has 1 atom stereocenters. The van der Waals surface area contributed by atoms with Gasteiger partial charge < -0.3 is 0 Å². The summed E-state index contributed by atoms with van der Waals surface area (Å²) < 4.78 is 0. The van der Waals surface area contributed by atoms with Crippen LogP contribution >= 0.6 is 15.9 Å². The van der Waals surface area contributed by atoms with Gasteiger partial charge in [-0.15, -0.1) is 0 Å². The smallest absolute Gasteiger partial charge is 0.0100 e. The molecule has 1 saturated carbocycles. The number of alkyl halides is 1. The zero-order valence-electron chi connectivity index (χ0n) is 10.8. The molecule has 17 heavy (non-hydrogen) atoms. The zero-order chi connectivity index (χ0) is 12.1. The highest BCUT2D eigenvalue weighted by Gasteiger charge is 2.15. The summed E-state index contributed by atoms with van der Waals surface area (Å²) in [7, 11) is 0. The molecule has 1 aromatic carbocycles. The molecule has 0 radical (unpaired) electrons. The van der Waals surface area contributed by atoms with E-state index in [1.54, 1.807) is 5.56 Å². The first kappa shape index (κ1) is 13.1. The summed E-state index contributed by atoms with van der Waals surface area (Å²) >= 11 is 3.61. The van der Waals surface area contributed by atoms with E-state index in [1.165, 1.54) is 44.1 Å². The lowest BCUT2D eigenvalue weighted by molar-refractivity contribution is 0.443. The molecule has 0 heterocycles. The third kappa shape index (κ3) is 3.34. The molecule has 0 amide bonds. The highest BCUT2D eigenvalue weighted by atomic mass is 79.9. The third-order valence-electron chi connectivity index (χ3n) is 4.16. The van der Waals surface area contributed by atoms with Crippen molar-refractivity contribution in [2.45, 2.75) is 57.3 Å². The summed E-state index contributed by atoms with van der Waals surface area (Å²) in [5, 5.41) is 1.08. The Morgan fingerprint density at radius 1 is 1.12 bits per heavy atom. The summed E-state index contributed by atoms with van der Waals surface area (Å²) in [6, 6.07) is 9.44. The van der Waals surface area contributed by atoms with Crippen LogP contribution in [0.25, 0.3) is 0 Å². The van der Waals surface area contributed by atoms with Crippen LogP contribution in [-0.2, 0) is 0 Å². The fourth-order valence-electron chi connectivity index (χ4n) is 2.91. The molecule has 2 rings (SSSR count). The first-order valence-corrected chi connectivity index (χ1v) is 8.13. The van der Waals surface area contributed by atoms with Gasteiger partial charge in [0.05, 0.1) is 0 Å². The number of rotatable bonds is 4. The SMILES string of the molecule is CCC(CBr)c1ccc(C2CCCCC2)cc1. The van der Waals surface area contributed by atoms with Gasteiger partial charge in [0, 0.05) is 5.33 Å². The summed E-state index contributed by atoms with van der Waals surface area (Å²) in [6.45, 7) is 2.26. The second-order valence-corrected chi connectivity index (χ2v) is 5.91. The molecule has 1 heteroatoms. The number of halogens is 1. The van der Waals surface area contributed by atoms with Crippen molar-refractivity contribution in [2.24, 2.45) is 0 Å². The minimum Gasteiger partial charge on any atom is -0.0921 e. The second kappa shape index (κ2) is 6.58. The minimum absolute atomic E-state index is 0.676. The Labute approximate surface area is 114 Å². The quantitative estimate of drug-likeness (QED) is 0.632. The van der Waals surface area contributed by atoms with E-state index in [4.69, 9.17) is 0 Å². The van der Waals surface area contributed by atoms with Crippen LogP contribution in [0, 0.1) is 0 Å². The van der Waals surface area contributed by atoms with Crippen LogP contribution in [0.1, 0.15) is 68.4 Å². The molecule has 0 bridgehead atoms. The van der Waals surface area contributed by atoms with Crippen LogP contribution in [0.4, 0.5) is 0 Å². The summed E-state index contributed by atoms with van der Waals surface area (Å²) in [5.41, 5.74) is 3.06. The minimum atomic E-state index is 0.676. The molecule has 0 nitrogen and oxygen atoms in total. The van der Waals surface area contributed by atoms with Crippen LogP contribution < -0.4 is 0 Å². The first-order valence-electron chi connectivity index (χ1n) is 7.01. The van der Waals surface area contributed by atoms with Crippen molar-refractivity contribution in [1.82, 2.24) is 0 Å². The van der Waals surface area contributed by atoms with Crippen LogP contribution in [0.3, 0.4) is 0 Å². The lowest BCUT2D eigenvalue weighted by Gasteiger charge is -2.22. The maximum Gasteiger partial charge on any atom is 0.0100 e. The van der Waals surface area contributed by atoms with Gasteiger partial charge >= 0.3 is 0 Å². The molecule has 1 aliphatic rings. The van der Waals surface area contributed by atoms with E-state index >= 15 is 0 Å². The Hall–Kier alpha value is -0.300. The van der Waals surface area contributed by atoms with Crippen LogP contribution in [0.5, 0.6) is 0 Å². The van der Waals surface area contributed by atoms with E-state index in [0.29, 0.717) is 5.92 Å². The molecule has 1 aliphatic carbocycles. The van der Waals surface area contributed by atoms with Crippen molar-refractivity contribution in [2.75, 3.05) is 5.33 Å². The molecule has 0 spiro atoms. The monoisotopic (exact) mass is 294 g/mol. The van der Waals surface area contributed by atoms with Crippen LogP contribution in [-0.4, -0.2) is 5.33 Å². The van der Waals surface area contributed by atoms with Gasteiger partial charge in [0.1, 0.15) is 0 Å². The van der Waals surface area contributed by atoms with Crippen molar-refractivity contribution in [3.8, 4) is 0 Å². The Morgan fingerprint density at radius 2 is 1.76 bits per heavy atom. The Bertz CT molecular complexity index is 318. The fourth-order valence-corrected chi connectivity index (χ4v) is 3.74. The summed E-state index contributed by atoms with van der Waals surface area (Å²) in [5.74, 6) is 1.51.